The van der Waals surface area contributed by atoms with Gasteiger partial charge in [-0.25, -0.2) is 0 Å². The maximum absolute atomic E-state index is 5.30. The molecule has 0 radical (unpaired) electrons. The van der Waals surface area contributed by atoms with Crippen LogP contribution in [0.5, 0.6) is 5.75 Å². The van der Waals surface area contributed by atoms with Gasteiger partial charge in [-0.2, -0.15) is 0 Å². The molecule has 128 valence electrons. The summed E-state index contributed by atoms with van der Waals surface area (Å²) < 4.78 is 5.30. The highest BCUT2D eigenvalue weighted by Gasteiger charge is 2.59. The molecule has 0 aromatic heterocycles. The predicted molar refractivity (Wildman–Crippen MR) is 104 cm³/mol. The molecule has 1 unspecified atom stereocenters. The zero-order valence-electron chi connectivity index (χ0n) is 14.6. The van der Waals surface area contributed by atoms with E-state index in [1.54, 1.807) is 7.11 Å². The SMILES string of the molecule is COc1ccc([C@H]2N=C(c3ccccc3)[C@H]3[C@@H](c4ccccc4)N23)cc1. The minimum absolute atomic E-state index is 0.0614. The van der Waals surface area contributed by atoms with Gasteiger partial charge in [0, 0.05) is 0 Å². The summed E-state index contributed by atoms with van der Waals surface area (Å²) in [5.74, 6) is 0.876. The molecule has 3 aromatic carbocycles. The summed E-state index contributed by atoms with van der Waals surface area (Å²) in [5, 5.41) is 0. The van der Waals surface area contributed by atoms with Crippen LogP contribution >= 0.6 is 0 Å². The average Bonchev–Trinajstić information content (AvgIpc) is 3.33. The highest BCUT2D eigenvalue weighted by atomic mass is 16.5. The summed E-state index contributed by atoms with van der Waals surface area (Å²) in [6.45, 7) is 0. The Morgan fingerprint density at radius 2 is 1.38 bits per heavy atom. The third kappa shape index (κ3) is 2.44. The van der Waals surface area contributed by atoms with Crippen LogP contribution in [0, 0.1) is 0 Å². The summed E-state index contributed by atoms with van der Waals surface area (Å²) in [5.41, 5.74) is 4.98. The first-order chi connectivity index (χ1) is 12.9. The number of methoxy groups -OCH3 is 1. The van der Waals surface area contributed by atoms with Crippen LogP contribution in [0.15, 0.2) is 89.9 Å². The second kappa shape index (κ2) is 6.11. The number of benzene rings is 3. The van der Waals surface area contributed by atoms with Gasteiger partial charge in [0.05, 0.1) is 24.9 Å². The van der Waals surface area contributed by atoms with Crippen molar-refractivity contribution in [3.05, 3.63) is 102 Å². The van der Waals surface area contributed by atoms with Crippen LogP contribution in [0.1, 0.15) is 28.9 Å². The second-order valence-electron chi connectivity index (χ2n) is 6.77. The largest absolute Gasteiger partial charge is 0.497 e. The van der Waals surface area contributed by atoms with E-state index in [1.807, 2.05) is 12.1 Å². The third-order valence-electron chi connectivity index (χ3n) is 5.30. The van der Waals surface area contributed by atoms with Gasteiger partial charge in [-0.1, -0.05) is 72.8 Å². The Labute approximate surface area is 153 Å². The first-order valence-corrected chi connectivity index (χ1v) is 8.96. The van der Waals surface area contributed by atoms with Gasteiger partial charge in [0.15, 0.2) is 0 Å². The number of nitrogens with zero attached hydrogens (tertiary/aromatic N) is 2. The van der Waals surface area contributed by atoms with Crippen molar-refractivity contribution in [2.75, 3.05) is 7.11 Å². The molecule has 0 N–H and O–H groups in total. The van der Waals surface area contributed by atoms with Gasteiger partial charge in [-0.05, 0) is 28.8 Å². The Morgan fingerprint density at radius 1 is 0.731 bits per heavy atom. The average molecular weight is 340 g/mol. The van der Waals surface area contributed by atoms with Crippen LogP contribution in [0.4, 0.5) is 0 Å². The monoisotopic (exact) mass is 340 g/mol. The summed E-state index contributed by atoms with van der Waals surface area (Å²) in [6, 6.07) is 30.3. The molecule has 0 spiro atoms. The molecule has 0 aliphatic carbocycles. The molecular formula is C23H20N2O. The van der Waals surface area contributed by atoms with Crippen LogP contribution < -0.4 is 4.74 Å². The standard InChI is InChI=1S/C23H20N2O/c1-26-19-14-12-18(13-15-19)23-24-20(16-8-4-2-5-9-16)22-21(25(22)23)17-10-6-3-7-11-17/h2-15,21-23H,1H3/t21-,22+,23+,25?/m1/s1. The van der Waals surface area contributed by atoms with E-state index in [0.717, 1.165) is 5.75 Å². The Morgan fingerprint density at radius 3 is 2.04 bits per heavy atom. The first-order valence-electron chi connectivity index (χ1n) is 8.96. The number of ether oxygens (including phenoxy) is 1. The molecule has 0 amide bonds. The van der Waals surface area contributed by atoms with Crippen molar-refractivity contribution in [1.29, 1.82) is 0 Å². The molecule has 26 heavy (non-hydrogen) atoms. The molecule has 2 heterocycles. The van der Waals surface area contributed by atoms with E-state index < -0.39 is 0 Å². The lowest BCUT2D eigenvalue weighted by molar-refractivity contribution is 0.400. The minimum Gasteiger partial charge on any atom is -0.497 e. The van der Waals surface area contributed by atoms with Crippen molar-refractivity contribution < 1.29 is 4.74 Å². The lowest BCUT2D eigenvalue weighted by Gasteiger charge is -2.15. The van der Waals surface area contributed by atoms with Crippen LogP contribution in [0.2, 0.25) is 0 Å². The van der Waals surface area contributed by atoms with E-state index in [2.05, 4.69) is 77.7 Å². The van der Waals surface area contributed by atoms with E-state index in [9.17, 15) is 0 Å². The van der Waals surface area contributed by atoms with Crippen molar-refractivity contribution >= 4 is 5.71 Å². The fourth-order valence-electron chi connectivity index (χ4n) is 4.00. The lowest BCUT2D eigenvalue weighted by atomic mass is 10.0. The van der Waals surface area contributed by atoms with Gasteiger partial charge < -0.3 is 4.74 Å². The fraction of sp³-hybridized carbons (Fsp3) is 0.174. The Kier molecular flexibility index (Phi) is 3.61. The van der Waals surface area contributed by atoms with E-state index in [0.29, 0.717) is 12.1 Å². The van der Waals surface area contributed by atoms with Crippen LogP contribution in [-0.4, -0.2) is 23.8 Å². The first kappa shape index (κ1) is 15.4. The smallest absolute Gasteiger partial charge is 0.129 e. The van der Waals surface area contributed by atoms with E-state index in [4.69, 9.17) is 9.73 Å². The molecule has 3 heteroatoms. The second-order valence-corrected chi connectivity index (χ2v) is 6.77. The Balaban J connectivity index is 1.55. The van der Waals surface area contributed by atoms with Crippen molar-refractivity contribution in [2.24, 2.45) is 4.99 Å². The van der Waals surface area contributed by atoms with E-state index >= 15 is 0 Å². The maximum atomic E-state index is 5.30. The summed E-state index contributed by atoms with van der Waals surface area (Å²) in [7, 11) is 1.70. The van der Waals surface area contributed by atoms with E-state index in [1.165, 1.54) is 22.4 Å². The van der Waals surface area contributed by atoms with E-state index in [-0.39, 0.29) is 6.17 Å². The normalized spacial score (nSPS) is 26.1. The number of hydrogen-bond acceptors (Lipinski definition) is 3. The number of hydrogen-bond donors (Lipinski definition) is 0. The van der Waals surface area contributed by atoms with Crippen LogP contribution in [-0.2, 0) is 0 Å². The Bertz CT molecular complexity index is 935. The highest BCUT2D eigenvalue weighted by molar-refractivity contribution is 6.08. The zero-order valence-corrected chi connectivity index (χ0v) is 14.6. The quantitative estimate of drug-likeness (QED) is 0.647. The molecule has 1 fully saturated rings. The highest BCUT2D eigenvalue weighted by Crippen LogP contribution is 2.55. The van der Waals surface area contributed by atoms with Crippen molar-refractivity contribution in [3.63, 3.8) is 0 Å². The number of aliphatic imine (C=N–C) groups is 1. The van der Waals surface area contributed by atoms with Crippen LogP contribution in [0.25, 0.3) is 0 Å². The van der Waals surface area contributed by atoms with Gasteiger partial charge in [-0.3, -0.25) is 9.89 Å². The maximum Gasteiger partial charge on any atom is 0.129 e. The molecular weight excluding hydrogens is 320 g/mol. The molecule has 2 aliphatic heterocycles. The van der Waals surface area contributed by atoms with Crippen molar-refractivity contribution in [1.82, 2.24) is 4.90 Å². The summed E-state index contributed by atoms with van der Waals surface area (Å²) in [6.07, 6.45) is 0.0614. The van der Waals surface area contributed by atoms with Crippen molar-refractivity contribution in [3.8, 4) is 5.75 Å². The van der Waals surface area contributed by atoms with Gasteiger partial charge in [-0.15, -0.1) is 0 Å². The summed E-state index contributed by atoms with van der Waals surface area (Å²) in [4.78, 5) is 7.59. The zero-order chi connectivity index (χ0) is 17.5. The molecule has 4 atom stereocenters. The Hall–Kier alpha value is -2.91. The number of rotatable bonds is 4. The van der Waals surface area contributed by atoms with Gasteiger partial charge in [0.25, 0.3) is 0 Å². The van der Waals surface area contributed by atoms with Gasteiger partial charge in [0.2, 0.25) is 0 Å². The molecule has 0 bridgehead atoms. The molecule has 1 saturated heterocycles. The van der Waals surface area contributed by atoms with Gasteiger partial charge in [0.1, 0.15) is 11.9 Å². The third-order valence-corrected chi connectivity index (χ3v) is 5.30. The molecule has 2 aliphatic rings. The van der Waals surface area contributed by atoms with Crippen LogP contribution in [0.3, 0.4) is 0 Å². The minimum atomic E-state index is 0.0614. The topological polar surface area (TPSA) is 24.6 Å². The lowest BCUT2D eigenvalue weighted by Crippen LogP contribution is -2.08. The van der Waals surface area contributed by atoms with Gasteiger partial charge >= 0.3 is 0 Å². The molecule has 3 nitrogen and oxygen atoms in total. The number of fused-ring (bicyclic) bond motifs is 1. The predicted octanol–water partition coefficient (Wildman–Crippen LogP) is 4.62. The summed E-state index contributed by atoms with van der Waals surface area (Å²) >= 11 is 0. The molecule has 0 saturated carbocycles. The molecule has 5 rings (SSSR count). The molecule has 3 aromatic rings. The fourth-order valence-corrected chi connectivity index (χ4v) is 4.00. The van der Waals surface area contributed by atoms with Crippen molar-refractivity contribution in [2.45, 2.75) is 18.2 Å².